The average Bonchev–Trinajstić information content (AvgIpc) is 2.29. The van der Waals surface area contributed by atoms with E-state index in [4.69, 9.17) is 0 Å². The zero-order valence-corrected chi connectivity index (χ0v) is 11.3. The van der Waals surface area contributed by atoms with Gasteiger partial charge < -0.3 is 0 Å². The second-order valence-corrected chi connectivity index (χ2v) is 4.36. The third-order valence-corrected chi connectivity index (χ3v) is 2.91. The molecule has 0 saturated heterocycles. The van der Waals surface area contributed by atoms with Crippen molar-refractivity contribution in [2.75, 3.05) is 0 Å². The maximum atomic E-state index is 2.27. The minimum absolute atomic E-state index is 0. The van der Waals surface area contributed by atoms with E-state index in [9.17, 15) is 0 Å². The Hall–Kier alpha value is -0.286. The van der Waals surface area contributed by atoms with Crippen molar-refractivity contribution in [1.82, 2.24) is 0 Å². The van der Waals surface area contributed by atoms with Gasteiger partial charge in [-0.25, -0.2) is 0 Å². The van der Waals surface area contributed by atoms with Crippen molar-refractivity contribution in [3.63, 3.8) is 0 Å². The molecule has 0 atom stereocenters. The monoisotopic (exact) mass is 262 g/mol. The molecule has 94 valence electrons. The van der Waals surface area contributed by atoms with E-state index in [2.05, 4.69) is 37.3 Å². The van der Waals surface area contributed by atoms with Gasteiger partial charge in [-0.1, -0.05) is 75.8 Å². The van der Waals surface area contributed by atoms with Crippen LogP contribution in [-0.2, 0) is 22.9 Å². The van der Waals surface area contributed by atoms with Gasteiger partial charge in [0.2, 0.25) is 0 Å². The SMILES string of the molecule is CCCCCCCCCc1ccccc1.[Ni]. The van der Waals surface area contributed by atoms with E-state index < -0.39 is 0 Å². The third-order valence-electron chi connectivity index (χ3n) is 2.91. The second kappa shape index (κ2) is 11.2. The van der Waals surface area contributed by atoms with Gasteiger partial charge in [0.05, 0.1) is 0 Å². The molecule has 0 fully saturated rings. The molecule has 0 aromatic heterocycles. The summed E-state index contributed by atoms with van der Waals surface area (Å²) >= 11 is 0. The molecule has 0 amide bonds. The van der Waals surface area contributed by atoms with E-state index >= 15 is 0 Å². The molecule has 0 bridgehead atoms. The first kappa shape index (κ1) is 15.7. The zero-order chi connectivity index (χ0) is 10.8. The molecular weight excluding hydrogens is 239 g/mol. The Bertz CT molecular complexity index is 230. The predicted molar refractivity (Wildman–Crippen MR) is 68.1 cm³/mol. The van der Waals surface area contributed by atoms with Crippen LogP contribution in [-0.4, -0.2) is 0 Å². The quantitative estimate of drug-likeness (QED) is 0.458. The summed E-state index contributed by atoms with van der Waals surface area (Å²) in [5.41, 5.74) is 1.49. The standard InChI is InChI=1S/C15H24.Ni/c1-2-3-4-5-6-7-9-12-15-13-10-8-11-14-15;/h8,10-11,13-14H,2-7,9,12H2,1H3;. The smallest absolute Gasteiger partial charge is 0 e. The summed E-state index contributed by atoms with van der Waals surface area (Å²) in [5.74, 6) is 0. The van der Waals surface area contributed by atoms with Crippen LogP contribution in [0.15, 0.2) is 30.3 Å². The second-order valence-electron chi connectivity index (χ2n) is 4.36. The summed E-state index contributed by atoms with van der Waals surface area (Å²) in [6.07, 6.45) is 11.1. The summed E-state index contributed by atoms with van der Waals surface area (Å²) in [4.78, 5) is 0. The van der Waals surface area contributed by atoms with E-state index in [1.54, 1.807) is 0 Å². The Morgan fingerprint density at radius 3 is 1.94 bits per heavy atom. The van der Waals surface area contributed by atoms with Crippen molar-refractivity contribution >= 4 is 0 Å². The first-order valence-corrected chi connectivity index (χ1v) is 6.47. The number of rotatable bonds is 8. The molecule has 0 spiro atoms. The Kier molecular flexibility index (Phi) is 11.0. The van der Waals surface area contributed by atoms with Crippen LogP contribution in [0.3, 0.4) is 0 Å². The van der Waals surface area contributed by atoms with Crippen molar-refractivity contribution in [3.8, 4) is 0 Å². The van der Waals surface area contributed by atoms with Gasteiger partial charge in [-0.3, -0.25) is 0 Å². The van der Waals surface area contributed by atoms with E-state index in [1.165, 1.54) is 56.9 Å². The largest absolute Gasteiger partial charge is 0.0654 e. The molecule has 0 aliphatic rings. The van der Waals surface area contributed by atoms with Gasteiger partial charge >= 0.3 is 0 Å². The van der Waals surface area contributed by atoms with Gasteiger partial charge in [-0.15, -0.1) is 0 Å². The molecule has 0 radical (unpaired) electrons. The maximum Gasteiger partial charge on any atom is 0 e. The molecule has 1 rings (SSSR count). The van der Waals surface area contributed by atoms with E-state index in [0.717, 1.165) is 0 Å². The molecule has 0 aliphatic heterocycles. The number of hydrogen-bond donors (Lipinski definition) is 0. The fourth-order valence-electron chi connectivity index (χ4n) is 1.93. The van der Waals surface area contributed by atoms with Crippen molar-refractivity contribution in [2.24, 2.45) is 0 Å². The number of benzene rings is 1. The molecule has 16 heavy (non-hydrogen) atoms. The number of hydrogen-bond acceptors (Lipinski definition) is 0. The van der Waals surface area contributed by atoms with Gasteiger partial charge in [0.15, 0.2) is 0 Å². The number of unbranched alkanes of at least 4 members (excludes halogenated alkanes) is 6. The van der Waals surface area contributed by atoms with Crippen LogP contribution in [0.5, 0.6) is 0 Å². The van der Waals surface area contributed by atoms with Crippen molar-refractivity contribution < 1.29 is 16.5 Å². The van der Waals surface area contributed by atoms with Crippen LogP contribution in [0.1, 0.15) is 57.4 Å². The Morgan fingerprint density at radius 2 is 1.31 bits per heavy atom. The molecule has 0 nitrogen and oxygen atoms in total. The van der Waals surface area contributed by atoms with E-state index in [1.807, 2.05) is 0 Å². The van der Waals surface area contributed by atoms with Crippen molar-refractivity contribution in [2.45, 2.75) is 58.3 Å². The van der Waals surface area contributed by atoms with Crippen LogP contribution in [0.25, 0.3) is 0 Å². The van der Waals surface area contributed by atoms with Crippen LogP contribution in [0.2, 0.25) is 0 Å². The van der Waals surface area contributed by atoms with Gasteiger partial charge in [-0.05, 0) is 18.4 Å². The summed E-state index contributed by atoms with van der Waals surface area (Å²) in [5, 5.41) is 0. The summed E-state index contributed by atoms with van der Waals surface area (Å²) in [6.45, 7) is 2.27. The van der Waals surface area contributed by atoms with Gasteiger partial charge in [0, 0.05) is 16.5 Å². The van der Waals surface area contributed by atoms with Crippen LogP contribution < -0.4 is 0 Å². The third kappa shape index (κ3) is 7.93. The van der Waals surface area contributed by atoms with Gasteiger partial charge in [0.1, 0.15) is 0 Å². The van der Waals surface area contributed by atoms with Crippen LogP contribution >= 0.6 is 0 Å². The summed E-state index contributed by atoms with van der Waals surface area (Å²) < 4.78 is 0. The topological polar surface area (TPSA) is 0 Å². The minimum atomic E-state index is 0. The zero-order valence-electron chi connectivity index (χ0n) is 10.4. The summed E-state index contributed by atoms with van der Waals surface area (Å²) in [7, 11) is 0. The average molecular weight is 263 g/mol. The van der Waals surface area contributed by atoms with E-state index in [0.29, 0.717) is 0 Å². The summed E-state index contributed by atoms with van der Waals surface area (Å²) in [6, 6.07) is 10.8. The van der Waals surface area contributed by atoms with Gasteiger partial charge in [0.25, 0.3) is 0 Å². The molecule has 1 aromatic rings. The van der Waals surface area contributed by atoms with Crippen molar-refractivity contribution in [1.29, 1.82) is 0 Å². The molecule has 1 aromatic carbocycles. The Labute approximate surface area is 111 Å². The first-order valence-electron chi connectivity index (χ1n) is 6.47. The molecule has 0 N–H and O–H groups in total. The minimum Gasteiger partial charge on any atom is -0.0654 e. The Balaban J connectivity index is 0.00000225. The normalized spacial score (nSPS) is 9.81. The molecule has 0 aliphatic carbocycles. The van der Waals surface area contributed by atoms with Crippen LogP contribution in [0.4, 0.5) is 0 Å². The number of aryl methyl sites for hydroxylation is 1. The van der Waals surface area contributed by atoms with E-state index in [-0.39, 0.29) is 16.5 Å². The van der Waals surface area contributed by atoms with Crippen LogP contribution in [0, 0.1) is 0 Å². The fourth-order valence-corrected chi connectivity index (χ4v) is 1.93. The Morgan fingerprint density at radius 1 is 0.750 bits per heavy atom. The molecule has 0 unspecified atom stereocenters. The molecule has 0 saturated carbocycles. The van der Waals surface area contributed by atoms with Crippen molar-refractivity contribution in [3.05, 3.63) is 35.9 Å². The first-order chi connectivity index (χ1) is 7.43. The fraction of sp³-hybridized carbons (Fsp3) is 0.600. The molecule has 1 heteroatoms. The molecule has 0 heterocycles. The molecular formula is C15H24Ni. The van der Waals surface area contributed by atoms with Gasteiger partial charge in [-0.2, -0.15) is 0 Å². The predicted octanol–water partition coefficient (Wildman–Crippen LogP) is 4.98. The maximum absolute atomic E-state index is 2.27.